The average Bonchev–Trinajstić information content (AvgIpc) is 2.64. The zero-order valence-corrected chi connectivity index (χ0v) is 11.2. The Morgan fingerprint density at radius 2 is 2.19 bits per heavy atom. The van der Waals surface area contributed by atoms with Crippen LogP contribution in [0.1, 0.15) is 36.4 Å². The summed E-state index contributed by atoms with van der Waals surface area (Å²) in [5.74, 6) is 0. The summed E-state index contributed by atoms with van der Waals surface area (Å²) >= 11 is 1.84. The fourth-order valence-corrected chi connectivity index (χ4v) is 2.45. The van der Waals surface area contributed by atoms with Crippen molar-refractivity contribution in [2.75, 3.05) is 0 Å². The monoisotopic (exact) mass is 232 g/mol. The number of allylic oxidation sites excluding steroid dienone is 5. The molecule has 0 atom stereocenters. The van der Waals surface area contributed by atoms with E-state index < -0.39 is 0 Å². The molecule has 16 heavy (non-hydrogen) atoms. The van der Waals surface area contributed by atoms with E-state index in [1.807, 2.05) is 11.3 Å². The summed E-state index contributed by atoms with van der Waals surface area (Å²) in [5.41, 5.74) is 2.49. The number of thiophene rings is 1. The van der Waals surface area contributed by atoms with Gasteiger partial charge < -0.3 is 0 Å². The van der Waals surface area contributed by atoms with Gasteiger partial charge in [0.05, 0.1) is 0 Å². The maximum atomic E-state index is 4.09. The van der Waals surface area contributed by atoms with E-state index in [1.54, 1.807) is 0 Å². The molecule has 86 valence electrons. The molecule has 0 aliphatic carbocycles. The predicted molar refractivity (Wildman–Crippen MR) is 75.9 cm³/mol. The molecule has 1 rings (SSSR count). The number of hydrogen-bond donors (Lipinski definition) is 0. The van der Waals surface area contributed by atoms with Gasteiger partial charge in [0.2, 0.25) is 0 Å². The quantitative estimate of drug-likeness (QED) is 0.598. The van der Waals surface area contributed by atoms with Gasteiger partial charge in [-0.3, -0.25) is 0 Å². The van der Waals surface area contributed by atoms with Crippen molar-refractivity contribution in [2.24, 2.45) is 0 Å². The molecule has 0 saturated heterocycles. The Labute approximate surface area is 103 Å². The molecule has 0 amide bonds. The van der Waals surface area contributed by atoms with E-state index in [9.17, 15) is 0 Å². The summed E-state index contributed by atoms with van der Waals surface area (Å²) in [5, 5.41) is 0. The molecule has 0 radical (unpaired) electrons. The van der Waals surface area contributed by atoms with Gasteiger partial charge in [-0.15, -0.1) is 11.3 Å². The largest absolute Gasteiger partial charge is 0.141 e. The minimum atomic E-state index is 1.07. The highest BCUT2D eigenvalue weighted by atomic mass is 32.1. The first-order valence-electron chi connectivity index (χ1n) is 5.76. The van der Waals surface area contributed by atoms with Crippen molar-refractivity contribution in [1.82, 2.24) is 0 Å². The van der Waals surface area contributed by atoms with Gasteiger partial charge in [-0.1, -0.05) is 43.7 Å². The van der Waals surface area contributed by atoms with Crippen LogP contribution >= 0.6 is 11.3 Å². The van der Waals surface area contributed by atoms with Crippen molar-refractivity contribution in [1.29, 1.82) is 0 Å². The summed E-state index contributed by atoms with van der Waals surface area (Å²) < 4.78 is 0. The third kappa shape index (κ3) is 3.82. The highest BCUT2D eigenvalue weighted by Gasteiger charge is 2.01. The Hall–Kier alpha value is -1.08. The Balaban J connectivity index is 2.95. The van der Waals surface area contributed by atoms with Crippen molar-refractivity contribution in [3.05, 3.63) is 52.3 Å². The van der Waals surface area contributed by atoms with Crippen molar-refractivity contribution >= 4 is 16.9 Å². The van der Waals surface area contributed by atoms with Gasteiger partial charge in [0, 0.05) is 9.75 Å². The van der Waals surface area contributed by atoms with Crippen LogP contribution in [0.25, 0.3) is 5.57 Å². The third-order valence-electron chi connectivity index (χ3n) is 2.30. The fourth-order valence-electron chi connectivity index (χ4n) is 1.58. The first-order chi connectivity index (χ1) is 7.67. The molecular weight excluding hydrogens is 212 g/mol. The van der Waals surface area contributed by atoms with Crippen LogP contribution in [0.4, 0.5) is 0 Å². The minimum Gasteiger partial charge on any atom is -0.141 e. The topological polar surface area (TPSA) is 0 Å². The molecule has 0 fully saturated rings. The Morgan fingerprint density at radius 3 is 2.69 bits per heavy atom. The lowest BCUT2D eigenvalue weighted by Crippen LogP contribution is -1.79. The molecule has 1 heteroatoms. The molecular formula is C15H20S. The standard InChI is InChI=1S/C15H20S/c1-5-7-12(3)11-14(8-6-2)15-10-9-13(4)16-15/h6,8-11H,3,5,7H2,1-2,4H3/b8-6-,14-11+. The first kappa shape index (κ1) is 13.0. The van der Waals surface area contributed by atoms with Crippen LogP contribution in [0.15, 0.2) is 42.5 Å². The zero-order valence-electron chi connectivity index (χ0n) is 10.4. The van der Waals surface area contributed by atoms with Crippen LogP contribution in [-0.4, -0.2) is 0 Å². The number of aryl methyl sites for hydroxylation is 1. The van der Waals surface area contributed by atoms with Crippen LogP contribution in [0.3, 0.4) is 0 Å². The van der Waals surface area contributed by atoms with Crippen molar-refractivity contribution < 1.29 is 0 Å². The maximum absolute atomic E-state index is 4.09. The van der Waals surface area contributed by atoms with Crippen LogP contribution in [-0.2, 0) is 0 Å². The molecule has 0 aliphatic rings. The van der Waals surface area contributed by atoms with E-state index in [1.165, 1.54) is 20.9 Å². The summed E-state index contributed by atoms with van der Waals surface area (Å²) in [6, 6.07) is 4.35. The summed E-state index contributed by atoms with van der Waals surface area (Å²) in [4.78, 5) is 2.68. The normalized spacial score (nSPS) is 12.3. The third-order valence-corrected chi connectivity index (χ3v) is 3.35. The lowest BCUT2D eigenvalue weighted by Gasteiger charge is -2.01. The van der Waals surface area contributed by atoms with Crippen LogP contribution in [0.5, 0.6) is 0 Å². The lowest BCUT2D eigenvalue weighted by molar-refractivity contribution is 0.930. The maximum Gasteiger partial charge on any atom is 0.0345 e. The van der Waals surface area contributed by atoms with Crippen molar-refractivity contribution in [3.8, 4) is 0 Å². The van der Waals surface area contributed by atoms with E-state index >= 15 is 0 Å². The van der Waals surface area contributed by atoms with Crippen LogP contribution < -0.4 is 0 Å². The average molecular weight is 232 g/mol. The minimum absolute atomic E-state index is 1.07. The second-order valence-electron chi connectivity index (χ2n) is 3.92. The van der Waals surface area contributed by atoms with Gasteiger partial charge in [-0.2, -0.15) is 0 Å². The van der Waals surface area contributed by atoms with Crippen molar-refractivity contribution in [3.63, 3.8) is 0 Å². The summed E-state index contributed by atoms with van der Waals surface area (Å²) in [6.45, 7) is 10.5. The molecule has 1 aromatic heterocycles. The Morgan fingerprint density at radius 1 is 1.44 bits per heavy atom. The van der Waals surface area contributed by atoms with E-state index in [0.717, 1.165) is 12.8 Å². The van der Waals surface area contributed by atoms with Gasteiger partial charge in [-0.25, -0.2) is 0 Å². The molecule has 1 heterocycles. The number of rotatable bonds is 5. The van der Waals surface area contributed by atoms with Crippen LogP contribution in [0, 0.1) is 6.92 Å². The van der Waals surface area contributed by atoms with Crippen molar-refractivity contribution in [2.45, 2.75) is 33.6 Å². The first-order valence-corrected chi connectivity index (χ1v) is 6.58. The molecule has 0 aromatic carbocycles. The fraction of sp³-hybridized carbons (Fsp3) is 0.333. The SMILES string of the molecule is C=C(/C=C(\C=C/C)c1ccc(C)s1)CCC. The van der Waals surface area contributed by atoms with E-state index in [0.29, 0.717) is 0 Å². The molecule has 0 N–H and O–H groups in total. The second-order valence-corrected chi connectivity index (χ2v) is 5.21. The second kappa shape index (κ2) is 6.49. The van der Waals surface area contributed by atoms with Crippen LogP contribution in [0.2, 0.25) is 0 Å². The Bertz CT molecular complexity index is 405. The van der Waals surface area contributed by atoms with Gasteiger partial charge >= 0.3 is 0 Å². The smallest absolute Gasteiger partial charge is 0.0345 e. The summed E-state index contributed by atoms with van der Waals surface area (Å²) in [7, 11) is 0. The highest BCUT2D eigenvalue weighted by molar-refractivity contribution is 7.13. The lowest BCUT2D eigenvalue weighted by atomic mass is 10.1. The molecule has 0 aliphatic heterocycles. The van der Waals surface area contributed by atoms with Gasteiger partial charge in [0.25, 0.3) is 0 Å². The molecule has 0 spiro atoms. The molecule has 0 bridgehead atoms. The summed E-state index contributed by atoms with van der Waals surface area (Å²) in [6.07, 6.45) is 8.67. The zero-order chi connectivity index (χ0) is 12.0. The van der Waals surface area contributed by atoms with E-state index in [2.05, 4.69) is 57.7 Å². The molecule has 1 aromatic rings. The molecule has 0 unspecified atom stereocenters. The van der Waals surface area contributed by atoms with E-state index in [4.69, 9.17) is 0 Å². The molecule has 0 saturated carbocycles. The van der Waals surface area contributed by atoms with Gasteiger partial charge in [0.1, 0.15) is 0 Å². The number of hydrogen-bond acceptors (Lipinski definition) is 1. The van der Waals surface area contributed by atoms with Gasteiger partial charge in [0.15, 0.2) is 0 Å². The highest BCUT2D eigenvalue weighted by Crippen LogP contribution is 2.26. The Kier molecular flexibility index (Phi) is 5.27. The van der Waals surface area contributed by atoms with Gasteiger partial charge in [-0.05, 0) is 38.0 Å². The predicted octanol–water partition coefficient (Wildman–Crippen LogP) is 5.37. The van der Waals surface area contributed by atoms with E-state index in [-0.39, 0.29) is 0 Å². The molecule has 0 nitrogen and oxygen atoms in total.